The van der Waals surface area contributed by atoms with Crippen LogP contribution in [0.5, 0.6) is 0 Å². The zero-order valence-corrected chi connectivity index (χ0v) is 9.87. The summed E-state index contributed by atoms with van der Waals surface area (Å²) in [7, 11) is 3.78. The van der Waals surface area contributed by atoms with Crippen molar-refractivity contribution < 1.29 is 4.92 Å². The molecule has 5 nitrogen and oxygen atoms in total. The monoisotopic (exact) mass is 229 g/mol. The highest BCUT2D eigenvalue weighted by Crippen LogP contribution is 2.26. The van der Waals surface area contributed by atoms with Crippen LogP contribution in [0.15, 0.2) is 12.1 Å². The fourth-order valence-corrected chi connectivity index (χ4v) is 2.05. The maximum Gasteiger partial charge on any atom is 0.324 e. The number of rotatable bonds is 4. The Morgan fingerprint density at radius 3 is 2.60 bits per heavy atom. The largest absolute Gasteiger partial charge is 0.324 e. The SMILES string of the molecule is CN(C)C(C)(N)Cc1ccc([N+](=O)[O-])s1. The predicted molar refractivity (Wildman–Crippen MR) is 61.0 cm³/mol. The molecule has 1 atom stereocenters. The van der Waals surface area contributed by atoms with E-state index in [4.69, 9.17) is 5.73 Å². The summed E-state index contributed by atoms with van der Waals surface area (Å²) in [5.74, 6) is 0. The lowest BCUT2D eigenvalue weighted by molar-refractivity contribution is -0.380. The van der Waals surface area contributed by atoms with Gasteiger partial charge in [-0.2, -0.15) is 0 Å². The van der Waals surface area contributed by atoms with E-state index in [9.17, 15) is 10.1 Å². The number of hydrogen-bond acceptors (Lipinski definition) is 5. The van der Waals surface area contributed by atoms with Gasteiger partial charge in [0, 0.05) is 17.4 Å². The molecular formula is C9H15N3O2S. The minimum atomic E-state index is -0.473. The molecule has 0 aliphatic carbocycles. The third kappa shape index (κ3) is 2.98. The van der Waals surface area contributed by atoms with Gasteiger partial charge in [-0.05, 0) is 27.1 Å². The molecule has 0 fully saturated rings. The van der Waals surface area contributed by atoms with E-state index in [1.807, 2.05) is 25.9 Å². The van der Waals surface area contributed by atoms with Gasteiger partial charge in [0.1, 0.15) is 0 Å². The van der Waals surface area contributed by atoms with Crippen molar-refractivity contribution in [3.63, 3.8) is 0 Å². The Kier molecular flexibility index (Phi) is 3.43. The molecule has 0 bridgehead atoms. The highest BCUT2D eigenvalue weighted by atomic mass is 32.1. The lowest BCUT2D eigenvalue weighted by Gasteiger charge is -2.31. The molecule has 1 rings (SSSR count). The Labute approximate surface area is 92.6 Å². The second-order valence-corrected chi connectivity index (χ2v) is 5.07. The van der Waals surface area contributed by atoms with Gasteiger partial charge in [-0.25, -0.2) is 0 Å². The Morgan fingerprint density at radius 1 is 1.60 bits per heavy atom. The molecule has 0 radical (unpaired) electrons. The summed E-state index contributed by atoms with van der Waals surface area (Å²) < 4.78 is 0. The van der Waals surface area contributed by atoms with Crippen LogP contribution in [0.3, 0.4) is 0 Å². The van der Waals surface area contributed by atoms with Crippen molar-refractivity contribution in [2.24, 2.45) is 5.73 Å². The molecule has 1 aromatic rings. The first-order chi connectivity index (χ1) is 6.83. The van der Waals surface area contributed by atoms with E-state index in [1.54, 1.807) is 6.07 Å². The molecule has 0 aliphatic heterocycles. The van der Waals surface area contributed by atoms with Gasteiger partial charge >= 0.3 is 5.00 Å². The maximum absolute atomic E-state index is 10.5. The van der Waals surface area contributed by atoms with Crippen molar-refractivity contribution in [3.8, 4) is 0 Å². The van der Waals surface area contributed by atoms with Crippen LogP contribution in [0.4, 0.5) is 5.00 Å². The summed E-state index contributed by atoms with van der Waals surface area (Å²) in [6, 6.07) is 3.28. The van der Waals surface area contributed by atoms with Crippen LogP contribution in [0.1, 0.15) is 11.8 Å². The Bertz CT molecular complexity index is 360. The summed E-state index contributed by atoms with van der Waals surface area (Å²) in [5, 5.41) is 10.7. The van der Waals surface area contributed by atoms with Gasteiger partial charge in [0.15, 0.2) is 0 Å². The molecule has 0 saturated carbocycles. The molecule has 1 aromatic heterocycles. The van der Waals surface area contributed by atoms with Crippen LogP contribution in [0.2, 0.25) is 0 Å². The lowest BCUT2D eigenvalue weighted by atomic mass is 10.1. The fourth-order valence-electron chi connectivity index (χ4n) is 1.07. The Morgan fingerprint density at radius 2 is 2.20 bits per heavy atom. The molecule has 84 valence electrons. The van der Waals surface area contributed by atoms with E-state index in [-0.39, 0.29) is 9.92 Å². The van der Waals surface area contributed by atoms with E-state index in [1.165, 1.54) is 17.4 Å². The van der Waals surface area contributed by atoms with Crippen LogP contribution < -0.4 is 5.73 Å². The topological polar surface area (TPSA) is 72.4 Å². The highest BCUT2D eigenvalue weighted by molar-refractivity contribution is 7.15. The van der Waals surface area contributed by atoms with Gasteiger partial charge in [-0.15, -0.1) is 0 Å². The molecule has 0 spiro atoms. The zero-order valence-electron chi connectivity index (χ0n) is 9.06. The van der Waals surface area contributed by atoms with Crippen LogP contribution in [-0.4, -0.2) is 29.6 Å². The molecule has 0 aliphatic rings. The normalized spacial score (nSPS) is 15.3. The molecule has 0 saturated heterocycles. The van der Waals surface area contributed by atoms with Crippen molar-refractivity contribution in [2.75, 3.05) is 14.1 Å². The lowest BCUT2D eigenvalue weighted by Crippen LogP contribution is -2.51. The number of likely N-dealkylation sites (N-methyl/N-ethyl adjacent to an activating group) is 1. The molecular weight excluding hydrogens is 214 g/mol. The van der Waals surface area contributed by atoms with Gasteiger partial charge < -0.3 is 5.73 Å². The smallest absolute Gasteiger partial charge is 0.313 e. The average molecular weight is 229 g/mol. The second kappa shape index (κ2) is 4.26. The molecule has 0 aromatic carbocycles. The van der Waals surface area contributed by atoms with E-state index in [2.05, 4.69) is 0 Å². The molecule has 2 N–H and O–H groups in total. The molecule has 0 amide bonds. The van der Waals surface area contributed by atoms with E-state index in [0.29, 0.717) is 6.42 Å². The molecule has 6 heteroatoms. The third-order valence-electron chi connectivity index (χ3n) is 2.38. The first-order valence-corrected chi connectivity index (χ1v) is 5.34. The van der Waals surface area contributed by atoms with Gasteiger partial charge in [-0.3, -0.25) is 15.0 Å². The summed E-state index contributed by atoms with van der Waals surface area (Å²) >= 11 is 1.18. The van der Waals surface area contributed by atoms with Crippen LogP contribution in [-0.2, 0) is 6.42 Å². The maximum atomic E-state index is 10.5. The Hall–Kier alpha value is -0.980. The fraction of sp³-hybridized carbons (Fsp3) is 0.556. The number of thiophene rings is 1. The van der Waals surface area contributed by atoms with Crippen LogP contribution in [0.25, 0.3) is 0 Å². The number of nitro groups is 1. The van der Waals surface area contributed by atoms with Gasteiger partial charge in [0.25, 0.3) is 0 Å². The summed E-state index contributed by atoms with van der Waals surface area (Å²) in [6.07, 6.45) is 0.610. The van der Waals surface area contributed by atoms with Crippen LogP contribution in [0, 0.1) is 10.1 Å². The second-order valence-electron chi connectivity index (χ2n) is 3.93. The zero-order chi connectivity index (χ0) is 11.6. The standard InChI is InChI=1S/C9H15N3O2S/c1-9(10,11(2)3)6-7-4-5-8(15-7)12(13)14/h4-5H,6,10H2,1-3H3. The van der Waals surface area contributed by atoms with E-state index >= 15 is 0 Å². The van der Waals surface area contributed by atoms with Crippen LogP contribution >= 0.6 is 11.3 Å². The van der Waals surface area contributed by atoms with Gasteiger partial charge in [0.2, 0.25) is 0 Å². The van der Waals surface area contributed by atoms with Crippen molar-refractivity contribution in [2.45, 2.75) is 19.0 Å². The number of nitrogens with two attached hydrogens (primary N) is 1. The Balaban J connectivity index is 2.77. The molecule has 15 heavy (non-hydrogen) atoms. The third-order valence-corrected chi connectivity index (χ3v) is 3.42. The van der Waals surface area contributed by atoms with Gasteiger partial charge in [0.05, 0.1) is 10.6 Å². The molecule has 1 unspecified atom stereocenters. The van der Waals surface area contributed by atoms with E-state index < -0.39 is 5.66 Å². The van der Waals surface area contributed by atoms with Gasteiger partial charge in [-0.1, -0.05) is 11.3 Å². The summed E-state index contributed by atoms with van der Waals surface area (Å²) in [5.41, 5.74) is 5.57. The predicted octanol–water partition coefficient (Wildman–Crippen LogP) is 1.44. The first kappa shape index (κ1) is 12.1. The minimum Gasteiger partial charge on any atom is -0.313 e. The molecule has 1 heterocycles. The number of hydrogen-bond donors (Lipinski definition) is 1. The van der Waals surface area contributed by atoms with E-state index in [0.717, 1.165) is 4.88 Å². The minimum absolute atomic E-state index is 0.166. The van der Waals surface area contributed by atoms with Crippen molar-refractivity contribution in [1.29, 1.82) is 0 Å². The first-order valence-electron chi connectivity index (χ1n) is 4.52. The van der Waals surface area contributed by atoms with Crippen molar-refractivity contribution in [1.82, 2.24) is 4.90 Å². The summed E-state index contributed by atoms with van der Waals surface area (Å²) in [6.45, 7) is 1.90. The quantitative estimate of drug-likeness (QED) is 0.481. The highest BCUT2D eigenvalue weighted by Gasteiger charge is 2.23. The average Bonchev–Trinajstić information content (AvgIpc) is 2.51. The summed E-state index contributed by atoms with van der Waals surface area (Å²) in [4.78, 5) is 12.9. The van der Waals surface area contributed by atoms with Crippen molar-refractivity contribution in [3.05, 3.63) is 27.1 Å². The van der Waals surface area contributed by atoms with Crippen molar-refractivity contribution >= 4 is 16.3 Å². The number of nitrogens with zero attached hydrogens (tertiary/aromatic N) is 2.